The quantitative estimate of drug-likeness (QED) is 0.637. The van der Waals surface area contributed by atoms with Crippen LogP contribution in [0.4, 0.5) is 5.69 Å². The van der Waals surface area contributed by atoms with Gasteiger partial charge in [0.2, 0.25) is 5.91 Å². The minimum Gasteiger partial charge on any atom is -0.497 e. The van der Waals surface area contributed by atoms with Crippen LogP contribution in [0.3, 0.4) is 0 Å². The van der Waals surface area contributed by atoms with Gasteiger partial charge in [-0.05, 0) is 42.5 Å². The number of carbonyl (C=O) groups excluding carboxylic acids is 1. The van der Waals surface area contributed by atoms with Crippen molar-refractivity contribution in [3.05, 3.63) is 68.9 Å². The molecule has 1 N–H and O–H groups in total. The van der Waals surface area contributed by atoms with Crippen molar-refractivity contribution in [2.75, 3.05) is 19.5 Å². The summed E-state index contributed by atoms with van der Waals surface area (Å²) in [5.41, 5.74) is 1.05. The lowest BCUT2D eigenvalue weighted by molar-refractivity contribution is -0.117. The van der Waals surface area contributed by atoms with Crippen LogP contribution in [0.1, 0.15) is 0 Å². The van der Waals surface area contributed by atoms with E-state index >= 15 is 0 Å². The van der Waals surface area contributed by atoms with E-state index in [9.17, 15) is 9.59 Å². The largest absolute Gasteiger partial charge is 0.497 e. The number of halogens is 2. The maximum Gasteiger partial charge on any atom is 0.267 e. The zero-order chi connectivity index (χ0) is 21.0. The molecule has 1 amide bonds. The van der Waals surface area contributed by atoms with Gasteiger partial charge in [-0.15, -0.1) is 0 Å². The summed E-state index contributed by atoms with van der Waals surface area (Å²) in [6.07, 6.45) is 0. The summed E-state index contributed by atoms with van der Waals surface area (Å²) < 4.78 is 11.7. The van der Waals surface area contributed by atoms with Crippen LogP contribution in [0.2, 0.25) is 10.0 Å². The molecule has 0 spiro atoms. The lowest BCUT2D eigenvalue weighted by Gasteiger charge is -2.12. The van der Waals surface area contributed by atoms with Gasteiger partial charge in [0.1, 0.15) is 18.0 Å². The predicted molar refractivity (Wildman–Crippen MR) is 112 cm³/mol. The molecule has 29 heavy (non-hydrogen) atoms. The van der Waals surface area contributed by atoms with E-state index in [1.807, 2.05) is 0 Å². The third kappa shape index (κ3) is 4.88. The molecule has 0 saturated heterocycles. The van der Waals surface area contributed by atoms with Crippen molar-refractivity contribution in [2.45, 2.75) is 6.54 Å². The Morgan fingerprint density at radius 1 is 1.07 bits per heavy atom. The maximum atomic E-state index is 12.4. The van der Waals surface area contributed by atoms with Gasteiger partial charge in [-0.25, -0.2) is 4.68 Å². The van der Waals surface area contributed by atoms with Gasteiger partial charge in [0.15, 0.2) is 0 Å². The highest BCUT2D eigenvalue weighted by molar-refractivity contribution is 6.36. The average molecular weight is 434 g/mol. The van der Waals surface area contributed by atoms with Crippen molar-refractivity contribution in [1.82, 2.24) is 9.78 Å². The predicted octanol–water partition coefficient (Wildman–Crippen LogP) is 3.87. The van der Waals surface area contributed by atoms with Gasteiger partial charge in [-0.3, -0.25) is 9.59 Å². The Hall–Kier alpha value is -3.03. The van der Waals surface area contributed by atoms with E-state index in [1.165, 1.54) is 19.2 Å². The van der Waals surface area contributed by atoms with Crippen LogP contribution in [0.15, 0.2) is 53.3 Å². The molecular formula is C20H17Cl2N3O4. The van der Waals surface area contributed by atoms with Crippen molar-refractivity contribution < 1.29 is 14.3 Å². The lowest BCUT2D eigenvalue weighted by atomic mass is 10.1. The summed E-state index contributed by atoms with van der Waals surface area (Å²) in [6.45, 7) is -0.294. The number of anilines is 1. The first kappa shape index (κ1) is 20.7. The zero-order valence-corrected chi connectivity index (χ0v) is 17.1. The van der Waals surface area contributed by atoms with Crippen LogP contribution in [0.5, 0.6) is 11.5 Å². The molecular weight excluding hydrogens is 417 g/mol. The molecule has 3 aromatic rings. The number of carbonyl (C=O) groups is 1. The topological polar surface area (TPSA) is 82.5 Å². The Labute approximate surface area is 176 Å². The normalized spacial score (nSPS) is 10.5. The van der Waals surface area contributed by atoms with Crippen LogP contribution in [0.25, 0.3) is 11.3 Å². The number of methoxy groups -OCH3 is 2. The number of hydrogen-bond acceptors (Lipinski definition) is 5. The van der Waals surface area contributed by atoms with Crippen LogP contribution < -0.4 is 20.3 Å². The number of nitrogens with zero attached hydrogens (tertiary/aromatic N) is 2. The SMILES string of the molecule is COc1ccc(OC)c(-c2ccc(=O)n(CC(=O)Nc3ccc(Cl)cc3Cl)n2)c1. The summed E-state index contributed by atoms with van der Waals surface area (Å²) >= 11 is 11.9. The van der Waals surface area contributed by atoms with Crippen LogP contribution in [-0.4, -0.2) is 29.9 Å². The highest BCUT2D eigenvalue weighted by atomic mass is 35.5. The Bertz CT molecular complexity index is 1120. The molecule has 150 valence electrons. The minimum atomic E-state index is -0.460. The van der Waals surface area contributed by atoms with Gasteiger partial charge >= 0.3 is 0 Å². The van der Waals surface area contributed by atoms with Gasteiger partial charge in [0.25, 0.3) is 5.56 Å². The molecule has 0 atom stereocenters. The highest BCUT2D eigenvalue weighted by Crippen LogP contribution is 2.31. The molecule has 0 radical (unpaired) electrons. The Kier molecular flexibility index (Phi) is 6.41. The summed E-state index contributed by atoms with van der Waals surface area (Å²) in [5, 5.41) is 7.68. The fraction of sp³-hybridized carbons (Fsp3) is 0.150. The monoisotopic (exact) mass is 433 g/mol. The molecule has 0 aliphatic carbocycles. The fourth-order valence-electron chi connectivity index (χ4n) is 2.64. The molecule has 9 heteroatoms. The molecule has 0 saturated carbocycles. The van der Waals surface area contributed by atoms with Gasteiger partial charge in [-0.2, -0.15) is 5.10 Å². The molecule has 0 fully saturated rings. The first-order valence-electron chi connectivity index (χ1n) is 8.46. The van der Waals surface area contributed by atoms with Crippen LogP contribution in [-0.2, 0) is 11.3 Å². The number of aromatic nitrogens is 2. The number of hydrogen-bond donors (Lipinski definition) is 1. The highest BCUT2D eigenvalue weighted by Gasteiger charge is 2.13. The molecule has 0 bridgehead atoms. The van der Waals surface area contributed by atoms with Crippen molar-refractivity contribution >= 4 is 34.8 Å². The van der Waals surface area contributed by atoms with E-state index in [2.05, 4.69) is 10.4 Å². The number of amides is 1. The van der Waals surface area contributed by atoms with Crippen molar-refractivity contribution in [3.8, 4) is 22.8 Å². The molecule has 0 aliphatic rings. The second-order valence-corrected chi connectivity index (χ2v) is 6.80. The molecule has 2 aromatic carbocycles. The number of rotatable bonds is 6. The number of benzene rings is 2. The van der Waals surface area contributed by atoms with E-state index in [-0.39, 0.29) is 6.54 Å². The summed E-state index contributed by atoms with van der Waals surface area (Å²) in [5.74, 6) is 0.704. The van der Waals surface area contributed by atoms with E-state index in [0.717, 1.165) is 4.68 Å². The van der Waals surface area contributed by atoms with E-state index in [0.29, 0.717) is 38.5 Å². The number of nitrogens with one attached hydrogen (secondary N) is 1. The summed E-state index contributed by atoms with van der Waals surface area (Å²) in [4.78, 5) is 24.6. The number of ether oxygens (including phenoxy) is 2. The van der Waals surface area contributed by atoms with Gasteiger partial charge in [0.05, 0.1) is 30.6 Å². The molecule has 1 aromatic heterocycles. The van der Waals surface area contributed by atoms with Crippen molar-refractivity contribution in [1.29, 1.82) is 0 Å². The Morgan fingerprint density at radius 2 is 1.86 bits per heavy atom. The van der Waals surface area contributed by atoms with E-state index < -0.39 is 11.5 Å². The van der Waals surface area contributed by atoms with Gasteiger partial charge in [0, 0.05) is 16.7 Å². The fourth-order valence-corrected chi connectivity index (χ4v) is 3.09. The molecule has 3 rings (SSSR count). The third-order valence-electron chi connectivity index (χ3n) is 4.05. The van der Waals surface area contributed by atoms with Gasteiger partial charge < -0.3 is 14.8 Å². The minimum absolute atomic E-state index is 0.293. The van der Waals surface area contributed by atoms with E-state index in [1.54, 1.807) is 43.5 Å². The summed E-state index contributed by atoms with van der Waals surface area (Å²) in [6, 6.07) is 12.8. The molecule has 0 unspecified atom stereocenters. The van der Waals surface area contributed by atoms with Crippen LogP contribution >= 0.6 is 23.2 Å². The molecule has 0 aliphatic heterocycles. The van der Waals surface area contributed by atoms with Crippen molar-refractivity contribution in [3.63, 3.8) is 0 Å². The molecule has 7 nitrogen and oxygen atoms in total. The van der Waals surface area contributed by atoms with Crippen LogP contribution in [0, 0.1) is 0 Å². The average Bonchev–Trinajstić information content (AvgIpc) is 2.71. The lowest BCUT2D eigenvalue weighted by Crippen LogP contribution is -2.29. The van der Waals surface area contributed by atoms with E-state index in [4.69, 9.17) is 32.7 Å². The Balaban J connectivity index is 1.88. The van der Waals surface area contributed by atoms with Gasteiger partial charge in [-0.1, -0.05) is 23.2 Å². The maximum absolute atomic E-state index is 12.4. The standard InChI is InChI=1S/C20H17Cl2N3O4/c1-28-13-4-7-18(29-2)14(10-13)16-6-8-20(27)25(24-16)11-19(26)23-17-5-3-12(21)9-15(17)22/h3-10H,11H2,1-2H3,(H,23,26). The first-order chi connectivity index (χ1) is 13.9. The smallest absolute Gasteiger partial charge is 0.267 e. The third-order valence-corrected chi connectivity index (χ3v) is 4.60. The second kappa shape index (κ2) is 8.98. The Morgan fingerprint density at radius 3 is 2.55 bits per heavy atom. The second-order valence-electron chi connectivity index (χ2n) is 5.95. The molecule has 1 heterocycles. The first-order valence-corrected chi connectivity index (χ1v) is 9.22. The summed E-state index contributed by atoms with van der Waals surface area (Å²) in [7, 11) is 3.08. The zero-order valence-electron chi connectivity index (χ0n) is 15.6. The van der Waals surface area contributed by atoms with Crippen molar-refractivity contribution in [2.24, 2.45) is 0 Å².